The molecule has 6 nitrogen and oxygen atoms in total. The number of nitrogens with one attached hydrogen (secondary N) is 1. The Bertz CT molecular complexity index is 922. The van der Waals surface area contributed by atoms with Crippen molar-refractivity contribution in [3.05, 3.63) is 46.2 Å². The molecule has 166 valence electrons. The van der Waals surface area contributed by atoms with Crippen LogP contribution in [0.1, 0.15) is 47.3 Å². The van der Waals surface area contributed by atoms with E-state index in [2.05, 4.69) is 5.32 Å². The van der Waals surface area contributed by atoms with Gasteiger partial charge in [-0.15, -0.1) is 11.3 Å². The molecule has 0 unspecified atom stereocenters. The van der Waals surface area contributed by atoms with E-state index in [0.717, 1.165) is 36.1 Å². The van der Waals surface area contributed by atoms with Gasteiger partial charge in [-0.2, -0.15) is 0 Å². The van der Waals surface area contributed by atoms with Gasteiger partial charge in [-0.1, -0.05) is 37.5 Å². The molecule has 0 radical (unpaired) electrons. The summed E-state index contributed by atoms with van der Waals surface area (Å²) in [6, 6.07) is 9.42. The lowest BCUT2D eigenvalue weighted by atomic mass is 9.67. The number of methoxy groups -OCH3 is 2. The van der Waals surface area contributed by atoms with E-state index in [1.807, 2.05) is 40.6 Å². The number of hydrogen-bond donors (Lipinski definition) is 1. The number of hydrogen-bond acceptors (Lipinski definition) is 5. The molecule has 1 aliphatic carbocycles. The number of para-hydroxylation sites is 1. The first kappa shape index (κ1) is 21.7. The Labute approximate surface area is 187 Å². The highest BCUT2D eigenvalue weighted by molar-refractivity contribution is 7.12. The second kappa shape index (κ2) is 9.30. The highest BCUT2D eigenvalue weighted by Crippen LogP contribution is 2.48. The van der Waals surface area contributed by atoms with Gasteiger partial charge >= 0.3 is 0 Å². The van der Waals surface area contributed by atoms with E-state index in [0.29, 0.717) is 31.1 Å². The van der Waals surface area contributed by atoms with E-state index in [1.54, 1.807) is 14.2 Å². The molecule has 1 aliphatic heterocycles. The molecule has 2 aromatic rings. The first-order chi connectivity index (χ1) is 15.1. The van der Waals surface area contributed by atoms with Crippen LogP contribution in [0.2, 0.25) is 0 Å². The van der Waals surface area contributed by atoms with Crippen molar-refractivity contribution >= 4 is 23.2 Å². The van der Waals surface area contributed by atoms with Gasteiger partial charge in [0.2, 0.25) is 5.91 Å². The summed E-state index contributed by atoms with van der Waals surface area (Å²) < 4.78 is 10.9. The van der Waals surface area contributed by atoms with E-state index >= 15 is 0 Å². The summed E-state index contributed by atoms with van der Waals surface area (Å²) in [4.78, 5) is 29.0. The Kier molecular flexibility index (Phi) is 6.51. The Morgan fingerprint density at radius 1 is 1.13 bits per heavy atom. The third kappa shape index (κ3) is 4.28. The summed E-state index contributed by atoms with van der Waals surface area (Å²) in [5.41, 5.74) is 0.755. The van der Waals surface area contributed by atoms with Crippen LogP contribution in [-0.4, -0.2) is 44.0 Å². The summed E-state index contributed by atoms with van der Waals surface area (Å²) >= 11 is 1.46. The maximum absolute atomic E-state index is 13.4. The van der Waals surface area contributed by atoms with Crippen LogP contribution in [0.15, 0.2) is 35.7 Å². The maximum atomic E-state index is 13.4. The average molecular weight is 443 g/mol. The van der Waals surface area contributed by atoms with Crippen molar-refractivity contribution in [2.75, 3.05) is 27.3 Å². The molecule has 0 bridgehead atoms. The van der Waals surface area contributed by atoms with Crippen molar-refractivity contribution in [3.63, 3.8) is 0 Å². The molecule has 1 saturated heterocycles. The summed E-state index contributed by atoms with van der Waals surface area (Å²) in [6.07, 6.45) is 5.45. The minimum Gasteiger partial charge on any atom is -0.493 e. The summed E-state index contributed by atoms with van der Waals surface area (Å²) in [5, 5.41) is 5.04. The lowest BCUT2D eigenvalue weighted by Gasteiger charge is -2.37. The Morgan fingerprint density at radius 3 is 2.61 bits per heavy atom. The second-order valence-electron chi connectivity index (χ2n) is 8.51. The third-order valence-corrected chi connectivity index (χ3v) is 7.63. The number of benzene rings is 1. The molecule has 4 rings (SSSR count). The fraction of sp³-hybridized carbons (Fsp3) is 0.500. The Morgan fingerprint density at radius 2 is 1.94 bits per heavy atom. The van der Waals surface area contributed by atoms with E-state index in [1.165, 1.54) is 17.8 Å². The van der Waals surface area contributed by atoms with Gasteiger partial charge in [-0.25, -0.2) is 0 Å². The molecule has 7 heteroatoms. The fourth-order valence-electron chi connectivity index (χ4n) is 5.20. The van der Waals surface area contributed by atoms with Crippen LogP contribution >= 0.6 is 11.3 Å². The Balaban J connectivity index is 1.51. The summed E-state index contributed by atoms with van der Waals surface area (Å²) in [5.74, 6) is 1.16. The molecule has 1 aromatic heterocycles. The monoisotopic (exact) mass is 442 g/mol. The molecule has 1 saturated carbocycles. The zero-order valence-electron chi connectivity index (χ0n) is 18.2. The number of ether oxygens (including phenoxy) is 2. The van der Waals surface area contributed by atoms with Gasteiger partial charge in [0.15, 0.2) is 11.5 Å². The molecule has 31 heavy (non-hydrogen) atoms. The molecular weight excluding hydrogens is 412 g/mol. The maximum Gasteiger partial charge on any atom is 0.263 e. The van der Waals surface area contributed by atoms with Crippen LogP contribution < -0.4 is 14.8 Å². The number of carbonyl (C=O) groups excluding carboxylic acids is 2. The van der Waals surface area contributed by atoms with Gasteiger partial charge in [0, 0.05) is 30.6 Å². The molecular formula is C24H30N2O4S. The van der Waals surface area contributed by atoms with Gasteiger partial charge < -0.3 is 19.7 Å². The fourth-order valence-corrected chi connectivity index (χ4v) is 5.89. The normalized spacial score (nSPS) is 19.9. The van der Waals surface area contributed by atoms with Crippen molar-refractivity contribution in [2.24, 2.45) is 11.3 Å². The molecule has 1 N–H and O–H groups in total. The molecule has 2 fully saturated rings. The van der Waals surface area contributed by atoms with Crippen molar-refractivity contribution in [1.82, 2.24) is 10.2 Å². The molecule has 2 amide bonds. The van der Waals surface area contributed by atoms with Crippen molar-refractivity contribution in [1.29, 1.82) is 0 Å². The van der Waals surface area contributed by atoms with E-state index in [4.69, 9.17) is 9.47 Å². The summed E-state index contributed by atoms with van der Waals surface area (Å²) in [7, 11) is 3.20. The van der Waals surface area contributed by atoms with Crippen LogP contribution in [-0.2, 0) is 11.3 Å². The minimum atomic E-state index is -0.187. The highest BCUT2D eigenvalue weighted by Gasteiger charge is 2.51. The van der Waals surface area contributed by atoms with Crippen molar-refractivity contribution in [2.45, 2.75) is 38.6 Å². The summed E-state index contributed by atoms with van der Waals surface area (Å²) in [6.45, 7) is 1.52. The van der Waals surface area contributed by atoms with Gasteiger partial charge in [0.25, 0.3) is 5.91 Å². The highest BCUT2D eigenvalue weighted by atomic mass is 32.1. The lowest BCUT2D eigenvalue weighted by Crippen LogP contribution is -2.42. The standard InChI is InChI=1S/C24H30N2O4S/c1-29-19-9-6-8-17(21(19)30-2)14-25-22(27)18-15-26(23(28)20-10-7-13-31-20)16-24(18)11-4-3-5-12-24/h6-10,13,18H,3-5,11-12,14-16H2,1-2H3,(H,25,27)/t18-/m0/s1. The minimum absolute atomic E-state index is 0.0215. The van der Waals surface area contributed by atoms with E-state index < -0.39 is 0 Å². The topological polar surface area (TPSA) is 67.9 Å². The van der Waals surface area contributed by atoms with Crippen LogP contribution in [0.25, 0.3) is 0 Å². The number of rotatable bonds is 6. The lowest BCUT2D eigenvalue weighted by molar-refractivity contribution is -0.128. The molecule has 1 spiro atoms. The van der Waals surface area contributed by atoms with Crippen molar-refractivity contribution < 1.29 is 19.1 Å². The average Bonchev–Trinajstić information content (AvgIpc) is 3.46. The van der Waals surface area contributed by atoms with Crippen molar-refractivity contribution in [3.8, 4) is 11.5 Å². The molecule has 1 aromatic carbocycles. The first-order valence-electron chi connectivity index (χ1n) is 10.9. The third-order valence-electron chi connectivity index (χ3n) is 6.77. The first-order valence-corrected chi connectivity index (χ1v) is 11.8. The van der Waals surface area contributed by atoms with E-state index in [9.17, 15) is 9.59 Å². The van der Waals surface area contributed by atoms with Crippen LogP contribution in [0.5, 0.6) is 11.5 Å². The predicted octanol–water partition coefficient (Wildman–Crippen LogP) is 4.10. The zero-order valence-corrected chi connectivity index (χ0v) is 19.0. The number of thiophene rings is 1. The number of carbonyl (C=O) groups is 2. The van der Waals surface area contributed by atoms with Gasteiger partial charge in [0.05, 0.1) is 25.0 Å². The van der Waals surface area contributed by atoms with Gasteiger partial charge in [0.1, 0.15) is 0 Å². The molecule has 1 atom stereocenters. The van der Waals surface area contributed by atoms with Crippen LogP contribution in [0.3, 0.4) is 0 Å². The van der Waals surface area contributed by atoms with Gasteiger partial charge in [-0.3, -0.25) is 9.59 Å². The molecule has 2 heterocycles. The van der Waals surface area contributed by atoms with Crippen LogP contribution in [0.4, 0.5) is 0 Å². The Hall–Kier alpha value is -2.54. The molecule has 2 aliphatic rings. The smallest absolute Gasteiger partial charge is 0.263 e. The SMILES string of the molecule is COc1cccc(CNC(=O)[C@@H]2CN(C(=O)c3cccs3)CC23CCCCC3)c1OC. The number of likely N-dealkylation sites (tertiary alicyclic amines) is 1. The largest absolute Gasteiger partial charge is 0.493 e. The number of nitrogens with zero attached hydrogens (tertiary/aromatic N) is 1. The number of amides is 2. The quantitative estimate of drug-likeness (QED) is 0.731. The van der Waals surface area contributed by atoms with Crippen LogP contribution in [0, 0.1) is 11.3 Å². The van der Waals surface area contributed by atoms with Gasteiger partial charge in [-0.05, 0) is 30.4 Å². The van der Waals surface area contributed by atoms with E-state index in [-0.39, 0.29) is 23.1 Å². The predicted molar refractivity (Wildman–Crippen MR) is 121 cm³/mol. The second-order valence-corrected chi connectivity index (χ2v) is 9.46. The zero-order chi connectivity index (χ0) is 21.8.